The van der Waals surface area contributed by atoms with Gasteiger partial charge in [-0.05, 0) is 18.8 Å². The normalized spacial score (nSPS) is 29.0. The van der Waals surface area contributed by atoms with Crippen molar-refractivity contribution in [3.63, 3.8) is 0 Å². The zero-order chi connectivity index (χ0) is 12.3. The molecule has 0 amide bonds. The second-order valence-corrected chi connectivity index (χ2v) is 5.54. The Morgan fingerprint density at radius 3 is 2.06 bits per heavy atom. The van der Waals surface area contributed by atoms with Crippen molar-refractivity contribution in [1.29, 1.82) is 0 Å². The minimum Gasteiger partial charge on any atom is -0.374 e. The molecule has 0 saturated heterocycles. The number of hydrogen-bond acceptors (Lipinski definition) is 1. The van der Waals surface area contributed by atoms with E-state index < -0.39 is 0 Å². The Balaban J connectivity index is 2.36. The van der Waals surface area contributed by atoms with E-state index in [0.29, 0.717) is 6.10 Å². The minimum absolute atomic E-state index is 0.465. The fourth-order valence-electron chi connectivity index (χ4n) is 2.78. The van der Waals surface area contributed by atoms with E-state index in [1.54, 1.807) is 0 Å². The van der Waals surface area contributed by atoms with Crippen LogP contribution in [0.4, 0.5) is 0 Å². The highest BCUT2D eigenvalue weighted by Crippen LogP contribution is 2.23. The van der Waals surface area contributed by atoms with Crippen LogP contribution in [0.25, 0.3) is 0 Å². The molecular weight excluding hydrogens is 208 g/mol. The van der Waals surface area contributed by atoms with Gasteiger partial charge in [0.1, 0.15) is 0 Å². The summed E-state index contributed by atoms with van der Waals surface area (Å²) in [5.41, 5.74) is 0. The van der Waals surface area contributed by atoms with Gasteiger partial charge in [0.2, 0.25) is 0 Å². The van der Waals surface area contributed by atoms with Crippen LogP contribution in [0.3, 0.4) is 0 Å². The van der Waals surface area contributed by atoms with Gasteiger partial charge in [-0.2, -0.15) is 0 Å². The van der Waals surface area contributed by atoms with Gasteiger partial charge < -0.3 is 4.74 Å². The molecule has 0 heterocycles. The van der Waals surface area contributed by atoms with Crippen LogP contribution in [0, 0.1) is 5.92 Å². The van der Waals surface area contributed by atoms with Crippen LogP contribution in [-0.4, -0.2) is 12.7 Å². The van der Waals surface area contributed by atoms with Crippen LogP contribution < -0.4 is 0 Å². The molecule has 1 nitrogen and oxygen atoms in total. The van der Waals surface area contributed by atoms with Gasteiger partial charge in [0.25, 0.3) is 0 Å². The molecule has 1 rings (SSSR count). The van der Waals surface area contributed by atoms with E-state index in [9.17, 15) is 0 Å². The molecule has 0 aromatic heterocycles. The molecule has 1 aliphatic carbocycles. The average Bonchev–Trinajstić information content (AvgIpc) is 2.33. The van der Waals surface area contributed by atoms with E-state index in [-0.39, 0.29) is 0 Å². The smallest absolute Gasteiger partial charge is 0.0648 e. The highest BCUT2D eigenvalue weighted by atomic mass is 16.5. The third-order valence-electron chi connectivity index (χ3n) is 3.96. The molecule has 1 aliphatic rings. The van der Waals surface area contributed by atoms with E-state index in [4.69, 9.17) is 4.74 Å². The highest BCUT2D eigenvalue weighted by Gasteiger charge is 2.17. The van der Waals surface area contributed by atoms with Gasteiger partial charge in [-0.25, -0.2) is 0 Å². The maximum absolute atomic E-state index is 5.93. The molecule has 0 radical (unpaired) electrons. The van der Waals surface area contributed by atoms with Crippen LogP contribution >= 0.6 is 0 Å². The topological polar surface area (TPSA) is 9.23 Å². The Bertz CT molecular complexity index is 188. The lowest BCUT2D eigenvalue weighted by atomic mass is 9.92. The molecule has 100 valence electrons. The van der Waals surface area contributed by atoms with Gasteiger partial charge in [-0.15, -0.1) is 6.58 Å². The molecule has 0 unspecified atom stereocenters. The number of ether oxygens (including phenoxy) is 1. The molecule has 1 fully saturated rings. The second-order valence-electron chi connectivity index (χ2n) is 5.54. The van der Waals surface area contributed by atoms with Crippen molar-refractivity contribution >= 4 is 0 Å². The Labute approximate surface area is 108 Å². The monoisotopic (exact) mass is 238 g/mol. The van der Waals surface area contributed by atoms with E-state index in [1.165, 1.54) is 64.2 Å². The molecule has 0 aliphatic heterocycles. The molecule has 2 atom stereocenters. The van der Waals surface area contributed by atoms with E-state index in [2.05, 4.69) is 13.5 Å². The van der Waals surface area contributed by atoms with Crippen molar-refractivity contribution < 1.29 is 4.74 Å². The van der Waals surface area contributed by atoms with Crippen LogP contribution in [-0.2, 0) is 4.74 Å². The SMILES string of the molecule is C=CCO[C@@H]1CCCCCCCCCC[C@@H]1C. The molecule has 0 N–H and O–H groups in total. The number of rotatable bonds is 3. The van der Waals surface area contributed by atoms with Crippen molar-refractivity contribution in [3.8, 4) is 0 Å². The minimum atomic E-state index is 0.465. The molecule has 0 spiro atoms. The van der Waals surface area contributed by atoms with Gasteiger partial charge in [0.15, 0.2) is 0 Å². The van der Waals surface area contributed by atoms with Gasteiger partial charge in [0, 0.05) is 0 Å². The van der Waals surface area contributed by atoms with Crippen LogP contribution in [0.5, 0.6) is 0 Å². The Hall–Kier alpha value is -0.300. The van der Waals surface area contributed by atoms with Gasteiger partial charge >= 0.3 is 0 Å². The largest absolute Gasteiger partial charge is 0.374 e. The summed E-state index contributed by atoms with van der Waals surface area (Å²) in [6.45, 7) is 6.83. The standard InChI is InChI=1S/C16H30O/c1-3-14-17-16-13-11-9-7-5-4-6-8-10-12-15(16)2/h3,15-16H,1,4-14H2,2H3/t15-,16+/m0/s1. The van der Waals surface area contributed by atoms with Crippen molar-refractivity contribution in [1.82, 2.24) is 0 Å². The quantitative estimate of drug-likeness (QED) is 0.621. The first-order chi connectivity index (χ1) is 8.34. The summed E-state index contributed by atoms with van der Waals surface area (Å²) in [4.78, 5) is 0. The van der Waals surface area contributed by atoms with Crippen molar-refractivity contribution in [3.05, 3.63) is 12.7 Å². The predicted octanol–water partition coefficient (Wildman–Crippen LogP) is 5.11. The van der Waals surface area contributed by atoms with Gasteiger partial charge in [-0.3, -0.25) is 0 Å². The zero-order valence-corrected chi connectivity index (χ0v) is 11.6. The van der Waals surface area contributed by atoms with Crippen LogP contribution in [0.1, 0.15) is 71.1 Å². The maximum Gasteiger partial charge on any atom is 0.0648 e. The fraction of sp³-hybridized carbons (Fsp3) is 0.875. The Morgan fingerprint density at radius 2 is 1.47 bits per heavy atom. The van der Waals surface area contributed by atoms with Crippen molar-refractivity contribution in [2.75, 3.05) is 6.61 Å². The van der Waals surface area contributed by atoms with Crippen molar-refractivity contribution in [2.45, 2.75) is 77.2 Å². The molecule has 17 heavy (non-hydrogen) atoms. The molecule has 0 aromatic rings. The third kappa shape index (κ3) is 6.88. The summed E-state index contributed by atoms with van der Waals surface area (Å²) >= 11 is 0. The summed E-state index contributed by atoms with van der Waals surface area (Å²) in [7, 11) is 0. The summed E-state index contributed by atoms with van der Waals surface area (Å²) in [6.07, 6.45) is 16.2. The lowest BCUT2D eigenvalue weighted by Gasteiger charge is -2.24. The summed E-state index contributed by atoms with van der Waals surface area (Å²) < 4.78 is 5.93. The molecule has 1 heteroatoms. The summed E-state index contributed by atoms with van der Waals surface area (Å²) in [5.74, 6) is 0.717. The fourth-order valence-corrected chi connectivity index (χ4v) is 2.78. The summed E-state index contributed by atoms with van der Waals surface area (Å²) in [6, 6.07) is 0. The Kier molecular flexibility index (Phi) is 8.42. The van der Waals surface area contributed by atoms with E-state index in [0.717, 1.165) is 12.5 Å². The first-order valence-corrected chi connectivity index (χ1v) is 7.57. The van der Waals surface area contributed by atoms with Gasteiger partial charge in [-0.1, -0.05) is 64.4 Å². The van der Waals surface area contributed by atoms with Gasteiger partial charge in [0.05, 0.1) is 12.7 Å². The molecule has 1 saturated carbocycles. The third-order valence-corrected chi connectivity index (χ3v) is 3.96. The average molecular weight is 238 g/mol. The molecular formula is C16H30O. The summed E-state index contributed by atoms with van der Waals surface area (Å²) in [5, 5.41) is 0. The second kappa shape index (κ2) is 9.70. The van der Waals surface area contributed by atoms with E-state index >= 15 is 0 Å². The highest BCUT2D eigenvalue weighted by molar-refractivity contribution is 4.72. The van der Waals surface area contributed by atoms with Crippen LogP contribution in [0.2, 0.25) is 0 Å². The number of hydrogen-bond donors (Lipinski definition) is 0. The first kappa shape index (κ1) is 14.8. The Morgan fingerprint density at radius 1 is 0.941 bits per heavy atom. The molecule has 0 aromatic carbocycles. The van der Waals surface area contributed by atoms with Crippen LogP contribution in [0.15, 0.2) is 12.7 Å². The molecule has 0 bridgehead atoms. The van der Waals surface area contributed by atoms with Crippen molar-refractivity contribution in [2.24, 2.45) is 5.92 Å². The zero-order valence-electron chi connectivity index (χ0n) is 11.6. The predicted molar refractivity (Wildman–Crippen MR) is 75.3 cm³/mol. The lowest BCUT2D eigenvalue weighted by Crippen LogP contribution is -2.22. The maximum atomic E-state index is 5.93. The lowest BCUT2D eigenvalue weighted by molar-refractivity contribution is 0.0232. The van der Waals surface area contributed by atoms with E-state index in [1.807, 2.05) is 6.08 Å². The first-order valence-electron chi connectivity index (χ1n) is 7.57.